The van der Waals surface area contributed by atoms with Crippen LogP contribution in [0.3, 0.4) is 0 Å². The monoisotopic (exact) mass is 318 g/mol. The Hall–Kier alpha value is -0.960. The van der Waals surface area contributed by atoms with Crippen LogP contribution < -0.4 is 4.72 Å². The lowest BCUT2D eigenvalue weighted by molar-refractivity contribution is 0.0657. The van der Waals surface area contributed by atoms with Crippen LogP contribution in [-0.4, -0.2) is 50.6 Å². The molecule has 112 valence electrons. The van der Waals surface area contributed by atoms with Gasteiger partial charge in [-0.1, -0.05) is 0 Å². The van der Waals surface area contributed by atoms with Crippen LogP contribution in [0.1, 0.15) is 28.9 Å². The molecular formula is C12H18N2O4S2. The fourth-order valence-corrected chi connectivity index (χ4v) is 4.56. The first-order valence-electron chi connectivity index (χ1n) is 6.27. The molecule has 0 unspecified atom stereocenters. The molecule has 1 heterocycles. The molecule has 1 saturated carbocycles. The molecule has 2 N–H and O–H groups in total. The van der Waals surface area contributed by atoms with E-state index in [1.165, 1.54) is 12.1 Å². The highest BCUT2D eigenvalue weighted by Crippen LogP contribution is 2.35. The molecule has 0 aliphatic heterocycles. The molecule has 2 rings (SSSR count). The fourth-order valence-electron chi connectivity index (χ4n) is 2.25. The summed E-state index contributed by atoms with van der Waals surface area (Å²) >= 11 is 0.769. The third-order valence-corrected chi connectivity index (χ3v) is 6.85. The highest BCUT2D eigenvalue weighted by molar-refractivity contribution is 7.91. The van der Waals surface area contributed by atoms with Gasteiger partial charge in [-0.15, -0.1) is 11.3 Å². The first-order chi connectivity index (χ1) is 9.27. The van der Waals surface area contributed by atoms with E-state index in [9.17, 15) is 13.2 Å². The second kappa shape index (κ2) is 5.44. The van der Waals surface area contributed by atoms with Gasteiger partial charge >= 0.3 is 5.97 Å². The summed E-state index contributed by atoms with van der Waals surface area (Å²) < 4.78 is 27.0. The molecule has 0 amide bonds. The Morgan fingerprint density at radius 1 is 1.45 bits per heavy atom. The van der Waals surface area contributed by atoms with Gasteiger partial charge in [0.05, 0.1) is 0 Å². The maximum absolute atomic E-state index is 12.2. The van der Waals surface area contributed by atoms with E-state index in [2.05, 4.69) is 9.62 Å². The van der Waals surface area contributed by atoms with Crippen LogP contribution in [0.25, 0.3) is 0 Å². The molecule has 1 aliphatic rings. The maximum Gasteiger partial charge on any atom is 0.345 e. The molecule has 20 heavy (non-hydrogen) atoms. The van der Waals surface area contributed by atoms with Crippen molar-refractivity contribution in [1.29, 1.82) is 0 Å². The van der Waals surface area contributed by atoms with E-state index in [0.29, 0.717) is 6.54 Å². The van der Waals surface area contributed by atoms with Gasteiger partial charge in [-0.05, 0) is 45.5 Å². The van der Waals surface area contributed by atoms with Gasteiger partial charge in [-0.2, -0.15) is 0 Å². The van der Waals surface area contributed by atoms with Crippen LogP contribution in [-0.2, 0) is 10.0 Å². The second-order valence-corrected chi connectivity index (χ2v) is 8.30. The van der Waals surface area contributed by atoms with Crippen molar-refractivity contribution in [2.24, 2.45) is 0 Å². The van der Waals surface area contributed by atoms with E-state index >= 15 is 0 Å². The number of aromatic carboxylic acids is 1. The molecule has 1 aromatic heterocycles. The first-order valence-corrected chi connectivity index (χ1v) is 8.57. The summed E-state index contributed by atoms with van der Waals surface area (Å²) in [6.45, 7) is 0.350. The number of carboxylic acid groups (broad SMARTS) is 1. The fraction of sp³-hybridized carbons (Fsp3) is 0.583. The van der Waals surface area contributed by atoms with Gasteiger partial charge in [-0.3, -0.25) is 0 Å². The summed E-state index contributed by atoms with van der Waals surface area (Å²) in [5.41, 5.74) is -0.111. The van der Waals surface area contributed by atoms with Crippen molar-refractivity contribution in [2.75, 3.05) is 20.6 Å². The van der Waals surface area contributed by atoms with Crippen molar-refractivity contribution in [3.05, 3.63) is 17.0 Å². The van der Waals surface area contributed by atoms with E-state index in [1.54, 1.807) is 0 Å². The van der Waals surface area contributed by atoms with Gasteiger partial charge in [0.2, 0.25) is 10.0 Å². The zero-order valence-corrected chi connectivity index (χ0v) is 13.1. The largest absolute Gasteiger partial charge is 0.477 e. The minimum atomic E-state index is -3.64. The van der Waals surface area contributed by atoms with Crippen LogP contribution in [0.2, 0.25) is 0 Å². The van der Waals surface area contributed by atoms with E-state index in [-0.39, 0.29) is 14.6 Å². The molecule has 1 aromatic rings. The third kappa shape index (κ3) is 2.88. The van der Waals surface area contributed by atoms with Gasteiger partial charge in [0.25, 0.3) is 0 Å². The second-order valence-electron chi connectivity index (χ2n) is 5.22. The summed E-state index contributed by atoms with van der Waals surface area (Å²) in [5.74, 6) is -1.11. The Bertz CT molecular complexity index is 603. The number of carboxylic acids is 1. The highest BCUT2D eigenvalue weighted by atomic mass is 32.2. The van der Waals surface area contributed by atoms with E-state index in [4.69, 9.17) is 5.11 Å². The lowest BCUT2D eigenvalue weighted by Gasteiger charge is -2.47. The van der Waals surface area contributed by atoms with Crippen molar-refractivity contribution in [1.82, 2.24) is 9.62 Å². The first kappa shape index (κ1) is 15.4. The van der Waals surface area contributed by atoms with E-state index in [0.717, 1.165) is 30.6 Å². The van der Waals surface area contributed by atoms with E-state index < -0.39 is 16.0 Å². The average Bonchev–Trinajstić information content (AvgIpc) is 2.76. The van der Waals surface area contributed by atoms with Crippen molar-refractivity contribution in [2.45, 2.75) is 29.0 Å². The van der Waals surface area contributed by atoms with Crippen LogP contribution in [0.15, 0.2) is 16.3 Å². The lowest BCUT2D eigenvalue weighted by atomic mass is 9.76. The van der Waals surface area contributed by atoms with Crippen molar-refractivity contribution < 1.29 is 18.3 Å². The van der Waals surface area contributed by atoms with Crippen LogP contribution in [0, 0.1) is 0 Å². The van der Waals surface area contributed by atoms with Gasteiger partial charge in [0.15, 0.2) is 0 Å². The number of nitrogens with zero attached hydrogens (tertiary/aromatic N) is 1. The minimum Gasteiger partial charge on any atom is -0.477 e. The maximum atomic E-state index is 12.2. The molecule has 1 aliphatic carbocycles. The predicted molar refractivity (Wildman–Crippen MR) is 76.7 cm³/mol. The zero-order valence-electron chi connectivity index (χ0n) is 11.4. The smallest absolute Gasteiger partial charge is 0.345 e. The summed E-state index contributed by atoms with van der Waals surface area (Å²) in [7, 11) is 0.254. The topological polar surface area (TPSA) is 86.7 Å². The number of carbonyl (C=O) groups is 1. The predicted octanol–water partition coefficient (Wildman–Crippen LogP) is 1.21. The number of hydrogen-bond donors (Lipinski definition) is 2. The zero-order chi connectivity index (χ0) is 15.0. The quantitative estimate of drug-likeness (QED) is 0.823. The Balaban J connectivity index is 2.09. The number of hydrogen-bond acceptors (Lipinski definition) is 5. The minimum absolute atomic E-state index is 0.0244. The molecule has 0 aromatic carbocycles. The Kier molecular flexibility index (Phi) is 4.19. The molecule has 0 spiro atoms. The van der Waals surface area contributed by atoms with Crippen LogP contribution in [0.5, 0.6) is 0 Å². The molecule has 1 fully saturated rings. The van der Waals surface area contributed by atoms with Crippen LogP contribution in [0.4, 0.5) is 0 Å². The van der Waals surface area contributed by atoms with Crippen molar-refractivity contribution in [3.8, 4) is 0 Å². The lowest BCUT2D eigenvalue weighted by Crippen LogP contribution is -2.57. The Labute approximate surface area is 122 Å². The number of likely N-dealkylation sites (N-methyl/N-ethyl adjacent to an activating group) is 1. The molecule has 0 saturated heterocycles. The number of thiophene rings is 1. The molecule has 6 nitrogen and oxygen atoms in total. The van der Waals surface area contributed by atoms with Gasteiger partial charge in [0.1, 0.15) is 9.09 Å². The third-order valence-electron chi connectivity index (χ3n) is 3.88. The number of nitrogens with one attached hydrogen (secondary N) is 1. The summed E-state index contributed by atoms with van der Waals surface area (Å²) in [4.78, 5) is 12.9. The molecular weight excluding hydrogens is 300 g/mol. The van der Waals surface area contributed by atoms with Gasteiger partial charge in [-0.25, -0.2) is 17.9 Å². The number of rotatable bonds is 6. The molecule has 0 bridgehead atoms. The standard InChI is InChI=1S/C12H18N2O4S2/c1-14(2)12(6-3-7-12)8-13-20(17,18)10-5-4-9(19-10)11(15)16/h4-5,13H,3,6-8H2,1-2H3,(H,15,16). The SMILES string of the molecule is CN(C)C1(CNS(=O)(=O)c2ccc(C(=O)O)s2)CCC1. The highest BCUT2D eigenvalue weighted by Gasteiger charge is 2.40. The Morgan fingerprint density at radius 3 is 2.50 bits per heavy atom. The molecule has 0 radical (unpaired) electrons. The summed E-state index contributed by atoms with van der Waals surface area (Å²) in [6, 6.07) is 2.65. The Morgan fingerprint density at radius 2 is 2.10 bits per heavy atom. The average molecular weight is 318 g/mol. The number of sulfonamides is 1. The molecule has 0 atom stereocenters. The van der Waals surface area contributed by atoms with Crippen molar-refractivity contribution >= 4 is 27.3 Å². The molecule has 8 heteroatoms. The van der Waals surface area contributed by atoms with Gasteiger partial charge in [0, 0.05) is 12.1 Å². The normalized spacial score (nSPS) is 17.9. The van der Waals surface area contributed by atoms with Gasteiger partial charge < -0.3 is 10.0 Å². The van der Waals surface area contributed by atoms with Crippen LogP contribution >= 0.6 is 11.3 Å². The summed E-state index contributed by atoms with van der Waals surface area (Å²) in [5, 5.41) is 8.83. The van der Waals surface area contributed by atoms with Crippen molar-refractivity contribution in [3.63, 3.8) is 0 Å². The summed E-state index contributed by atoms with van der Waals surface area (Å²) in [6.07, 6.45) is 3.03. The van der Waals surface area contributed by atoms with E-state index in [1.807, 2.05) is 14.1 Å².